The Bertz CT molecular complexity index is 629. The van der Waals surface area contributed by atoms with Gasteiger partial charge in [-0.1, -0.05) is 6.92 Å². The minimum atomic E-state index is 0.485. The molecule has 0 radical (unpaired) electrons. The van der Waals surface area contributed by atoms with Crippen LogP contribution in [-0.2, 0) is 13.0 Å². The standard InChI is InChI=1S/C16H24N6S/c1-3-16-21-12(10-23-16)8-18-9-13-5-4-6-22(13)15-7-14(17-2)19-11-20-15/h7,10-11,13,18H,3-6,8-9H2,1-2H3,(H,17,19,20)/t13-/m1/s1. The monoisotopic (exact) mass is 332 g/mol. The van der Waals surface area contributed by atoms with Crippen LogP contribution in [0, 0.1) is 0 Å². The van der Waals surface area contributed by atoms with Crippen LogP contribution in [0.5, 0.6) is 0 Å². The number of aryl methyl sites for hydroxylation is 1. The molecule has 0 unspecified atom stereocenters. The predicted molar refractivity (Wildman–Crippen MR) is 95.1 cm³/mol. The molecule has 124 valence electrons. The largest absolute Gasteiger partial charge is 0.373 e. The van der Waals surface area contributed by atoms with Gasteiger partial charge in [0.1, 0.15) is 18.0 Å². The normalized spacial score (nSPS) is 17.7. The smallest absolute Gasteiger partial charge is 0.134 e. The van der Waals surface area contributed by atoms with Gasteiger partial charge in [-0.05, 0) is 19.3 Å². The van der Waals surface area contributed by atoms with Gasteiger partial charge in [0.05, 0.1) is 10.7 Å². The van der Waals surface area contributed by atoms with Crippen LogP contribution >= 0.6 is 11.3 Å². The van der Waals surface area contributed by atoms with Crippen LogP contribution in [0.3, 0.4) is 0 Å². The number of aromatic nitrogens is 3. The maximum absolute atomic E-state index is 4.61. The first-order valence-electron chi connectivity index (χ1n) is 8.20. The fourth-order valence-electron chi connectivity index (χ4n) is 2.95. The van der Waals surface area contributed by atoms with E-state index in [2.05, 4.69) is 42.8 Å². The van der Waals surface area contributed by atoms with Gasteiger partial charge in [-0.3, -0.25) is 0 Å². The number of thiazole rings is 1. The molecule has 2 aromatic heterocycles. The van der Waals surface area contributed by atoms with Crippen LogP contribution in [0.15, 0.2) is 17.8 Å². The molecule has 1 aliphatic heterocycles. The number of anilines is 2. The van der Waals surface area contributed by atoms with Crippen molar-refractivity contribution in [3.63, 3.8) is 0 Å². The van der Waals surface area contributed by atoms with E-state index in [0.29, 0.717) is 6.04 Å². The summed E-state index contributed by atoms with van der Waals surface area (Å²) in [5, 5.41) is 10.00. The average molecular weight is 332 g/mol. The quantitative estimate of drug-likeness (QED) is 0.811. The van der Waals surface area contributed by atoms with Crippen molar-refractivity contribution >= 4 is 23.0 Å². The molecule has 7 heteroatoms. The van der Waals surface area contributed by atoms with Crippen LogP contribution in [0.25, 0.3) is 0 Å². The minimum absolute atomic E-state index is 0.485. The summed E-state index contributed by atoms with van der Waals surface area (Å²) in [4.78, 5) is 15.6. The third-order valence-corrected chi connectivity index (χ3v) is 5.21. The third-order valence-electron chi connectivity index (χ3n) is 4.17. The van der Waals surface area contributed by atoms with Gasteiger partial charge in [0.25, 0.3) is 0 Å². The van der Waals surface area contributed by atoms with Crippen molar-refractivity contribution in [2.45, 2.75) is 38.8 Å². The Hall–Kier alpha value is -1.73. The number of nitrogens with zero attached hydrogens (tertiary/aromatic N) is 4. The topological polar surface area (TPSA) is 66.0 Å². The van der Waals surface area contributed by atoms with Crippen molar-refractivity contribution in [1.29, 1.82) is 0 Å². The van der Waals surface area contributed by atoms with Gasteiger partial charge in [-0.25, -0.2) is 15.0 Å². The predicted octanol–water partition coefficient (Wildman–Crippen LogP) is 2.30. The highest BCUT2D eigenvalue weighted by Gasteiger charge is 2.25. The van der Waals surface area contributed by atoms with E-state index in [4.69, 9.17) is 0 Å². The molecular formula is C16H24N6S. The third kappa shape index (κ3) is 3.97. The van der Waals surface area contributed by atoms with E-state index in [1.165, 1.54) is 17.8 Å². The Morgan fingerprint density at radius 2 is 2.30 bits per heavy atom. The maximum atomic E-state index is 4.61. The molecule has 0 saturated carbocycles. The zero-order valence-electron chi connectivity index (χ0n) is 13.7. The molecule has 0 bridgehead atoms. The molecule has 3 rings (SSSR count). The van der Waals surface area contributed by atoms with Crippen molar-refractivity contribution < 1.29 is 0 Å². The molecule has 0 aromatic carbocycles. The molecule has 1 aliphatic rings. The first-order chi connectivity index (χ1) is 11.3. The van der Waals surface area contributed by atoms with Crippen LogP contribution in [0.4, 0.5) is 11.6 Å². The summed E-state index contributed by atoms with van der Waals surface area (Å²) in [5.41, 5.74) is 1.15. The maximum Gasteiger partial charge on any atom is 0.134 e. The molecule has 0 spiro atoms. The van der Waals surface area contributed by atoms with E-state index >= 15 is 0 Å². The van der Waals surface area contributed by atoms with Gasteiger partial charge in [-0.2, -0.15) is 0 Å². The molecule has 2 N–H and O–H groups in total. The molecule has 6 nitrogen and oxygen atoms in total. The van der Waals surface area contributed by atoms with Gasteiger partial charge in [0.2, 0.25) is 0 Å². The van der Waals surface area contributed by atoms with E-state index in [0.717, 1.165) is 43.4 Å². The molecular weight excluding hydrogens is 308 g/mol. The number of hydrogen-bond acceptors (Lipinski definition) is 7. The summed E-state index contributed by atoms with van der Waals surface area (Å²) in [6, 6.07) is 2.51. The van der Waals surface area contributed by atoms with Crippen molar-refractivity contribution in [3.05, 3.63) is 28.5 Å². The molecule has 3 heterocycles. The highest BCUT2D eigenvalue weighted by Crippen LogP contribution is 2.24. The number of nitrogens with one attached hydrogen (secondary N) is 2. The highest BCUT2D eigenvalue weighted by atomic mass is 32.1. The van der Waals surface area contributed by atoms with Crippen LogP contribution in [-0.4, -0.2) is 41.1 Å². The summed E-state index contributed by atoms with van der Waals surface area (Å²) in [7, 11) is 1.88. The van der Waals surface area contributed by atoms with E-state index in [-0.39, 0.29) is 0 Å². The van der Waals surface area contributed by atoms with Crippen LogP contribution < -0.4 is 15.5 Å². The Morgan fingerprint density at radius 1 is 1.39 bits per heavy atom. The van der Waals surface area contributed by atoms with Gasteiger partial charge in [-0.15, -0.1) is 11.3 Å². The fraction of sp³-hybridized carbons (Fsp3) is 0.562. The van der Waals surface area contributed by atoms with E-state index < -0.39 is 0 Å². The molecule has 2 aromatic rings. The summed E-state index contributed by atoms with van der Waals surface area (Å²) in [6.45, 7) is 5.00. The average Bonchev–Trinajstić information content (AvgIpc) is 3.24. The SMILES string of the molecule is CCc1nc(CNC[C@H]2CCCN2c2cc(NC)ncn2)cs1. The Morgan fingerprint density at radius 3 is 3.09 bits per heavy atom. The second-order valence-electron chi connectivity index (χ2n) is 5.72. The van der Waals surface area contributed by atoms with Crippen LogP contribution in [0.1, 0.15) is 30.5 Å². The van der Waals surface area contributed by atoms with Crippen molar-refractivity contribution in [2.75, 3.05) is 30.4 Å². The fourth-order valence-corrected chi connectivity index (χ4v) is 3.69. The van der Waals surface area contributed by atoms with E-state index in [1.807, 2.05) is 13.1 Å². The molecule has 1 fully saturated rings. The van der Waals surface area contributed by atoms with Gasteiger partial charge in [0.15, 0.2) is 0 Å². The lowest BCUT2D eigenvalue weighted by atomic mass is 10.2. The summed E-state index contributed by atoms with van der Waals surface area (Å²) in [5.74, 6) is 1.87. The van der Waals surface area contributed by atoms with Gasteiger partial charge in [0, 0.05) is 44.2 Å². The first kappa shape index (κ1) is 16.1. The van der Waals surface area contributed by atoms with Crippen molar-refractivity contribution in [1.82, 2.24) is 20.3 Å². The van der Waals surface area contributed by atoms with Crippen molar-refractivity contribution in [3.8, 4) is 0 Å². The molecule has 1 atom stereocenters. The molecule has 23 heavy (non-hydrogen) atoms. The Kier molecular flexibility index (Phi) is 5.40. The van der Waals surface area contributed by atoms with E-state index in [9.17, 15) is 0 Å². The summed E-state index contributed by atoms with van der Waals surface area (Å²) < 4.78 is 0. The zero-order valence-corrected chi connectivity index (χ0v) is 14.6. The highest BCUT2D eigenvalue weighted by molar-refractivity contribution is 7.09. The lowest BCUT2D eigenvalue weighted by molar-refractivity contribution is 0.567. The van der Waals surface area contributed by atoms with Gasteiger partial charge >= 0.3 is 0 Å². The lowest BCUT2D eigenvalue weighted by Gasteiger charge is -2.26. The van der Waals surface area contributed by atoms with E-state index in [1.54, 1.807) is 17.7 Å². The Labute approximate surface area is 141 Å². The summed E-state index contributed by atoms with van der Waals surface area (Å²) in [6.07, 6.45) is 5.05. The van der Waals surface area contributed by atoms with Gasteiger partial charge < -0.3 is 15.5 Å². The molecule has 1 saturated heterocycles. The van der Waals surface area contributed by atoms with Crippen molar-refractivity contribution in [2.24, 2.45) is 0 Å². The van der Waals surface area contributed by atoms with Crippen LogP contribution in [0.2, 0.25) is 0 Å². The zero-order chi connectivity index (χ0) is 16.1. The lowest BCUT2D eigenvalue weighted by Crippen LogP contribution is -2.38. The first-order valence-corrected chi connectivity index (χ1v) is 9.08. The second-order valence-corrected chi connectivity index (χ2v) is 6.66. The summed E-state index contributed by atoms with van der Waals surface area (Å²) >= 11 is 1.75. The molecule has 0 amide bonds. The second kappa shape index (κ2) is 7.70. The Balaban J connectivity index is 1.56. The minimum Gasteiger partial charge on any atom is -0.373 e. The number of rotatable bonds is 7. The molecule has 0 aliphatic carbocycles. The number of hydrogen-bond donors (Lipinski definition) is 2.